The summed E-state index contributed by atoms with van der Waals surface area (Å²) in [6.45, 7) is 0.127. The zero-order valence-electron chi connectivity index (χ0n) is 6.56. The Morgan fingerprint density at radius 1 is 1.42 bits per heavy atom. The Kier molecular flexibility index (Phi) is 2.95. The molecule has 0 bridgehead atoms. The Bertz CT molecular complexity index is 148. The van der Waals surface area contributed by atoms with E-state index in [1.165, 1.54) is 0 Å². The van der Waals surface area contributed by atoms with Crippen molar-refractivity contribution in [2.75, 3.05) is 13.2 Å². The minimum Gasteiger partial charge on any atom is -0.395 e. The van der Waals surface area contributed by atoms with Gasteiger partial charge in [0, 0.05) is 6.04 Å². The summed E-state index contributed by atoms with van der Waals surface area (Å²) >= 11 is 0. The number of hydrogen-bond acceptors (Lipinski definition) is 2. The quantitative estimate of drug-likeness (QED) is 0.633. The van der Waals surface area contributed by atoms with Crippen LogP contribution in [0.15, 0.2) is 0 Å². The van der Waals surface area contributed by atoms with Gasteiger partial charge in [-0.05, 0) is 19.4 Å². The van der Waals surface area contributed by atoms with Crippen LogP contribution in [0.2, 0.25) is 0 Å². The first-order valence-corrected chi connectivity index (χ1v) is 3.96. The van der Waals surface area contributed by atoms with Crippen LogP contribution >= 0.6 is 0 Å². The van der Waals surface area contributed by atoms with Crippen molar-refractivity contribution in [2.45, 2.75) is 25.1 Å². The molecule has 2 nitrogen and oxygen atoms in total. The highest BCUT2D eigenvalue weighted by atomic mass is 19.4. The largest absolute Gasteiger partial charge is 0.395 e. The third-order valence-electron chi connectivity index (χ3n) is 2.20. The van der Waals surface area contributed by atoms with Gasteiger partial charge in [0.2, 0.25) is 0 Å². The molecule has 0 aliphatic carbocycles. The Balaban J connectivity index is 2.59. The minimum atomic E-state index is -4.18. The lowest BCUT2D eigenvalue weighted by Gasteiger charge is -2.32. The number of nitrogens with one attached hydrogen (secondary N) is 1. The van der Waals surface area contributed by atoms with E-state index in [-0.39, 0.29) is 6.42 Å². The van der Waals surface area contributed by atoms with Crippen LogP contribution in [0.5, 0.6) is 0 Å². The third-order valence-corrected chi connectivity index (χ3v) is 2.20. The molecule has 1 fully saturated rings. The van der Waals surface area contributed by atoms with Gasteiger partial charge in [-0.2, -0.15) is 13.2 Å². The average molecular weight is 183 g/mol. The number of aliphatic hydroxyl groups excluding tert-OH is 1. The second-order valence-corrected chi connectivity index (χ2v) is 3.03. The zero-order chi connectivity index (χ0) is 9.19. The molecule has 0 spiro atoms. The standard InChI is InChI=1S/C7H12F3NO/c8-7(9,10)5-2-1-3-11-6(5)4-12/h5-6,11-12H,1-4H2/t5-,6-/m0/s1. The van der Waals surface area contributed by atoms with Gasteiger partial charge < -0.3 is 10.4 Å². The fourth-order valence-corrected chi connectivity index (χ4v) is 1.54. The molecule has 72 valence electrons. The number of halogens is 3. The molecule has 0 unspecified atom stereocenters. The van der Waals surface area contributed by atoms with Gasteiger partial charge in [-0.3, -0.25) is 0 Å². The van der Waals surface area contributed by atoms with Crippen LogP contribution in [0.3, 0.4) is 0 Å². The van der Waals surface area contributed by atoms with E-state index in [9.17, 15) is 13.2 Å². The minimum absolute atomic E-state index is 0.127. The molecule has 0 saturated carbocycles. The molecule has 1 saturated heterocycles. The fraction of sp³-hybridized carbons (Fsp3) is 1.00. The zero-order valence-corrected chi connectivity index (χ0v) is 6.56. The topological polar surface area (TPSA) is 32.3 Å². The summed E-state index contributed by atoms with van der Waals surface area (Å²) in [5.41, 5.74) is 0. The predicted octanol–water partition coefficient (Wildman–Crippen LogP) is 0.909. The van der Waals surface area contributed by atoms with Gasteiger partial charge in [-0.25, -0.2) is 0 Å². The second-order valence-electron chi connectivity index (χ2n) is 3.03. The molecule has 0 aromatic heterocycles. The molecule has 0 aromatic rings. The predicted molar refractivity (Wildman–Crippen MR) is 37.7 cm³/mol. The van der Waals surface area contributed by atoms with Crippen molar-refractivity contribution in [2.24, 2.45) is 5.92 Å². The molecule has 2 N–H and O–H groups in total. The molecule has 0 radical (unpaired) electrons. The van der Waals surface area contributed by atoms with Gasteiger partial charge in [0.1, 0.15) is 0 Å². The summed E-state index contributed by atoms with van der Waals surface area (Å²) in [5.74, 6) is -1.38. The first kappa shape index (κ1) is 9.80. The second kappa shape index (κ2) is 3.62. The summed E-state index contributed by atoms with van der Waals surface area (Å²) in [7, 11) is 0. The maximum atomic E-state index is 12.2. The number of piperidine rings is 1. The summed E-state index contributed by atoms with van der Waals surface area (Å²) in [6.07, 6.45) is -3.52. The van der Waals surface area contributed by atoms with Crippen LogP contribution in [-0.4, -0.2) is 30.5 Å². The first-order valence-electron chi connectivity index (χ1n) is 3.96. The Labute approximate surface area is 68.8 Å². The lowest BCUT2D eigenvalue weighted by molar-refractivity contribution is -0.191. The van der Waals surface area contributed by atoms with Gasteiger partial charge in [-0.1, -0.05) is 0 Å². The van der Waals surface area contributed by atoms with E-state index in [0.717, 1.165) is 0 Å². The molecule has 0 amide bonds. The SMILES string of the molecule is OC[C@@H]1NCCC[C@@H]1C(F)(F)F. The van der Waals surface area contributed by atoms with Crippen LogP contribution < -0.4 is 5.32 Å². The Morgan fingerprint density at radius 2 is 2.08 bits per heavy atom. The molecule has 1 aliphatic rings. The van der Waals surface area contributed by atoms with Gasteiger partial charge in [0.15, 0.2) is 0 Å². The van der Waals surface area contributed by atoms with E-state index < -0.39 is 24.7 Å². The van der Waals surface area contributed by atoms with Crippen LogP contribution in [-0.2, 0) is 0 Å². The highest BCUT2D eigenvalue weighted by Crippen LogP contribution is 2.33. The van der Waals surface area contributed by atoms with Gasteiger partial charge in [0.05, 0.1) is 12.5 Å². The van der Waals surface area contributed by atoms with Crippen LogP contribution in [0.4, 0.5) is 13.2 Å². The number of hydrogen-bond donors (Lipinski definition) is 2. The monoisotopic (exact) mass is 183 g/mol. The van der Waals surface area contributed by atoms with Crippen molar-refractivity contribution >= 4 is 0 Å². The Morgan fingerprint density at radius 3 is 2.50 bits per heavy atom. The van der Waals surface area contributed by atoms with Crippen molar-refractivity contribution < 1.29 is 18.3 Å². The van der Waals surface area contributed by atoms with Gasteiger partial charge in [0.25, 0.3) is 0 Å². The number of aliphatic hydroxyl groups is 1. The molecule has 2 atom stereocenters. The molecular weight excluding hydrogens is 171 g/mol. The van der Waals surface area contributed by atoms with E-state index in [4.69, 9.17) is 5.11 Å². The molecule has 5 heteroatoms. The maximum Gasteiger partial charge on any atom is 0.393 e. The van der Waals surface area contributed by atoms with Gasteiger partial charge >= 0.3 is 6.18 Å². The molecule has 1 aliphatic heterocycles. The fourth-order valence-electron chi connectivity index (χ4n) is 1.54. The van der Waals surface area contributed by atoms with Crippen molar-refractivity contribution in [1.82, 2.24) is 5.32 Å². The smallest absolute Gasteiger partial charge is 0.393 e. The van der Waals surface area contributed by atoms with Crippen molar-refractivity contribution in [1.29, 1.82) is 0 Å². The summed E-state index contributed by atoms with van der Waals surface area (Å²) in [6, 6.07) is -0.807. The lowest BCUT2D eigenvalue weighted by atomic mass is 9.91. The first-order chi connectivity index (χ1) is 5.55. The number of rotatable bonds is 1. The average Bonchev–Trinajstić information content (AvgIpc) is 2.03. The summed E-state index contributed by atoms with van der Waals surface area (Å²) in [4.78, 5) is 0. The van der Waals surface area contributed by atoms with Crippen molar-refractivity contribution in [3.8, 4) is 0 Å². The maximum absolute atomic E-state index is 12.2. The van der Waals surface area contributed by atoms with Gasteiger partial charge in [-0.15, -0.1) is 0 Å². The van der Waals surface area contributed by atoms with E-state index in [2.05, 4.69) is 5.32 Å². The highest BCUT2D eigenvalue weighted by molar-refractivity contribution is 4.84. The molecule has 1 rings (SSSR count). The summed E-state index contributed by atoms with van der Waals surface area (Å²) in [5, 5.41) is 11.3. The summed E-state index contributed by atoms with van der Waals surface area (Å²) < 4.78 is 36.7. The normalized spacial score (nSPS) is 32.0. The molecular formula is C7H12F3NO. The molecule has 0 aromatic carbocycles. The number of alkyl halides is 3. The Hall–Kier alpha value is -0.290. The van der Waals surface area contributed by atoms with E-state index in [1.54, 1.807) is 0 Å². The van der Waals surface area contributed by atoms with Crippen LogP contribution in [0, 0.1) is 5.92 Å². The highest BCUT2D eigenvalue weighted by Gasteiger charge is 2.45. The van der Waals surface area contributed by atoms with Crippen LogP contribution in [0.25, 0.3) is 0 Å². The lowest BCUT2D eigenvalue weighted by Crippen LogP contribution is -2.49. The van der Waals surface area contributed by atoms with Crippen molar-refractivity contribution in [3.63, 3.8) is 0 Å². The molecule has 12 heavy (non-hydrogen) atoms. The third kappa shape index (κ3) is 2.10. The van der Waals surface area contributed by atoms with E-state index >= 15 is 0 Å². The van der Waals surface area contributed by atoms with E-state index in [0.29, 0.717) is 13.0 Å². The molecule has 1 heterocycles. The van der Waals surface area contributed by atoms with Crippen molar-refractivity contribution in [3.05, 3.63) is 0 Å². The van der Waals surface area contributed by atoms with Crippen LogP contribution in [0.1, 0.15) is 12.8 Å². The van der Waals surface area contributed by atoms with E-state index in [1.807, 2.05) is 0 Å².